The first-order valence-electron chi connectivity index (χ1n) is 50.5. The smallest absolute Gasteiger partial charge is 0.409 e. The van der Waals surface area contributed by atoms with Crippen molar-refractivity contribution in [1.29, 1.82) is 0 Å². The first-order valence-corrected chi connectivity index (χ1v) is 52.3. The van der Waals surface area contributed by atoms with Crippen LogP contribution in [-0.2, 0) is 122 Å². The molecule has 14 atom stereocenters. The van der Waals surface area contributed by atoms with Crippen LogP contribution in [0.4, 0.5) is 4.79 Å². The number of nitrogens with one attached hydrogen (secondary N) is 15. The SMILES string of the molecule is CC(=O)N1CCC[C@]12C/C=C\CCC[C@@]1(CCC/C=C\CCCOC(=O)N3CC[C@@]4(C3)NC(=O)[C@H](CCCCNC(=O)CC[C@@H](C(=O)N[C@@H](C)C(N)=O)NC(=O)[C@H](Cc3csc5ccccc35)NC(=O)[C@H](Cc3ccsc3)NC4=O)NC(=O)[C@H](Cc3ccccc3)NC(=O)[C@H](C)NC(=O)C3(CCCC3)NC(=O)[C@H](Cc3cccc(C(=O)O)c3)NC(=O)[C@H](CC(=O)O)NC1=O)NC(=O)[C@H](CC(C)(C)C)NC(=O)[C@H](CC(=O)O)NC2=O. The molecule has 1 saturated carbocycles. The topological polar surface area (TPSA) is 641 Å². The fourth-order valence-electron chi connectivity index (χ4n) is 19.5. The van der Waals surface area contributed by atoms with Crippen LogP contribution < -0.4 is 85.5 Å². The number of carboxylic acids is 3. The standard InChI is InChI=1S/C104H136N18O25S2/c1-61(83(105)129)107-85(131)71-35-36-80(124)106-45-24-18-33-70-91(137)120-103(97(144)115-73(53-66-37-49-148-58-66)87(133)113-75(88(134)110-71)54-68-59-149-79-34-17-16-32-69(68)79)44-47-121(60-103)99(146)147-48-25-12-8-7-9-19-38-102(39-20-10-11-21-42-104(43-27-46-122(104)63(3)123)98(145)117-77(56-82(127)128)90(136)114-78(93(139)119-102)57-100(4,5)6)96(143)116-76(55-81(125)126)89(135)112-74(52-65-30-26-31-67(50-65)94(140)141)92(138)118-101(40-22-23-41-101)95(142)108-62(2)84(130)111-72(86(132)109-70)51-64-28-14-13-15-29-64/h7-8,11,13-17,21,26,28-32,34,37,49-50,58-59,61-62,70-78H,9-10,12,18-20,22-25,27,33,35-36,38-48,51-57,60H2,1-6H3,(H2,105,129)(H,106,124)(H,107,131)(H,108,142)(H,109,132)(H,110,134)(H,111,130)(H,112,135)(H,113,133)(H,114,136)(H,115,144)(H,116,143)(H,117,145)(H,118,138)(H,119,139)(H,120,137)(H,125,126)(H,127,128)(H,140,141)/b8-7-,21-11-/t61-,62-,70-,71-,72-,73-,74-,75-,76-,77-,78-,102+,103-,104-/m0/s1. The van der Waals surface area contributed by atoms with Crippen LogP contribution in [0, 0.1) is 5.41 Å². The molecule has 3 bridgehead atoms. The van der Waals surface area contributed by atoms with Crippen molar-refractivity contribution >= 4 is 157 Å². The molecule has 18 amide bonds. The van der Waals surface area contributed by atoms with Crippen molar-refractivity contribution < 1.29 is 121 Å². The highest BCUT2D eigenvalue weighted by Crippen LogP contribution is 2.37. The van der Waals surface area contributed by atoms with Crippen LogP contribution in [0.3, 0.4) is 0 Å². The van der Waals surface area contributed by atoms with Crippen molar-refractivity contribution in [3.8, 4) is 0 Å². The minimum atomic E-state index is -2.22. The number of cyclic esters (lactones) is 1. The molecule has 20 N–H and O–H groups in total. The second-order valence-electron chi connectivity index (χ2n) is 40.4. The molecule has 45 heteroatoms. The number of ether oxygens (including phenoxy) is 1. The van der Waals surface area contributed by atoms with Gasteiger partial charge in [0.15, 0.2) is 0 Å². The molecule has 1 aliphatic carbocycles. The maximum absolute atomic E-state index is 16.2. The number of nitrogens with two attached hydrogens (primary N) is 1. The first kappa shape index (κ1) is 115. The molecule has 149 heavy (non-hydrogen) atoms. The number of fused-ring (bicyclic) bond motifs is 4. The van der Waals surface area contributed by atoms with Crippen molar-refractivity contribution in [1.82, 2.24) is 89.6 Å². The monoisotopic (exact) mass is 2100 g/mol. The van der Waals surface area contributed by atoms with Crippen molar-refractivity contribution in [3.05, 3.63) is 153 Å². The van der Waals surface area contributed by atoms with Crippen LogP contribution in [0.5, 0.6) is 0 Å². The van der Waals surface area contributed by atoms with Gasteiger partial charge in [-0.3, -0.25) is 91.1 Å². The molecule has 2 aromatic heterocycles. The van der Waals surface area contributed by atoms with E-state index in [1.54, 1.807) is 104 Å². The van der Waals surface area contributed by atoms with E-state index in [2.05, 4.69) is 79.8 Å². The molecule has 804 valence electrons. The number of likely N-dealkylation sites (tertiary alicyclic amines) is 1. The summed E-state index contributed by atoms with van der Waals surface area (Å²) >= 11 is 2.61. The Hall–Kier alpha value is -14.5. The molecule has 6 aliphatic rings. The van der Waals surface area contributed by atoms with Gasteiger partial charge in [0, 0.05) is 63.4 Å². The number of amides is 18. The normalized spacial score (nSPS) is 26.9. The van der Waals surface area contributed by atoms with Crippen LogP contribution in [0.2, 0.25) is 0 Å². The van der Waals surface area contributed by atoms with Gasteiger partial charge in [0.1, 0.15) is 88.6 Å². The third kappa shape index (κ3) is 32.0. The van der Waals surface area contributed by atoms with E-state index in [1.807, 2.05) is 18.2 Å². The Morgan fingerprint density at radius 1 is 0.510 bits per heavy atom. The molecule has 43 nitrogen and oxygen atoms in total. The number of primary amides is 1. The highest BCUT2D eigenvalue weighted by atomic mass is 32.1. The van der Waals surface area contributed by atoms with Gasteiger partial charge in [-0.15, -0.1) is 11.3 Å². The predicted octanol–water partition coefficient (Wildman–Crippen LogP) is 3.27. The quantitative estimate of drug-likeness (QED) is 0.0594. The van der Waals surface area contributed by atoms with Gasteiger partial charge >= 0.3 is 24.0 Å². The minimum absolute atomic E-state index is 0.00320. The number of benzene rings is 3. The van der Waals surface area contributed by atoms with Crippen LogP contribution in [0.15, 0.2) is 125 Å². The van der Waals surface area contributed by atoms with Gasteiger partial charge in [-0.2, -0.15) is 11.3 Å². The number of rotatable bonds is 17. The summed E-state index contributed by atoms with van der Waals surface area (Å²) in [5, 5.41) is 78.0. The molecule has 5 aromatic rings. The maximum atomic E-state index is 16.2. The molecule has 0 radical (unpaired) electrons. The van der Waals surface area contributed by atoms with E-state index in [-0.39, 0.29) is 185 Å². The molecule has 11 rings (SSSR count). The lowest BCUT2D eigenvalue weighted by atomic mass is 9.83. The number of carboxylic acid groups (broad SMARTS) is 3. The van der Waals surface area contributed by atoms with Crippen LogP contribution in [0.1, 0.15) is 228 Å². The van der Waals surface area contributed by atoms with E-state index >= 15 is 52.7 Å². The highest BCUT2D eigenvalue weighted by Gasteiger charge is 2.54. The van der Waals surface area contributed by atoms with Gasteiger partial charge in [0.25, 0.3) is 0 Å². The zero-order chi connectivity index (χ0) is 108. The zero-order valence-electron chi connectivity index (χ0n) is 84.4. The Morgan fingerprint density at radius 3 is 1.70 bits per heavy atom. The van der Waals surface area contributed by atoms with Gasteiger partial charge in [0.2, 0.25) is 100 Å². The van der Waals surface area contributed by atoms with Crippen LogP contribution in [-0.4, -0.2) is 271 Å². The van der Waals surface area contributed by atoms with Gasteiger partial charge < -0.3 is 115 Å². The molecule has 5 aliphatic heterocycles. The highest BCUT2D eigenvalue weighted by molar-refractivity contribution is 7.17. The third-order valence-electron chi connectivity index (χ3n) is 27.7. The lowest BCUT2D eigenvalue weighted by molar-refractivity contribution is -0.146. The fourth-order valence-corrected chi connectivity index (χ4v) is 21.2. The van der Waals surface area contributed by atoms with Gasteiger partial charge in [-0.05, 0) is 209 Å². The molecule has 0 unspecified atom stereocenters. The maximum Gasteiger partial charge on any atom is 0.409 e. The Kier molecular flexibility index (Phi) is 40.7. The number of hydrogen-bond acceptors (Lipinski definition) is 24. The molecular weight excluding hydrogens is 1970 g/mol. The average molecular weight is 2100 g/mol. The molecule has 4 fully saturated rings. The van der Waals surface area contributed by atoms with E-state index in [1.165, 1.54) is 72.6 Å². The number of hydrogen-bond donors (Lipinski definition) is 19. The number of aliphatic carboxylic acids is 2. The van der Waals surface area contributed by atoms with E-state index in [4.69, 9.17) is 10.5 Å². The van der Waals surface area contributed by atoms with Crippen LogP contribution in [0.25, 0.3) is 10.1 Å². The van der Waals surface area contributed by atoms with E-state index in [9.17, 15) is 63.3 Å². The van der Waals surface area contributed by atoms with E-state index < -0.39 is 251 Å². The van der Waals surface area contributed by atoms with Gasteiger partial charge in [0.05, 0.1) is 31.6 Å². The molecular formula is C104H136N18O25S2. The molecule has 4 spiro atoms. The predicted molar refractivity (Wildman–Crippen MR) is 545 cm³/mol. The Labute approximate surface area is 869 Å². The summed E-state index contributed by atoms with van der Waals surface area (Å²) in [6, 6.07) is 4.12. The fraction of sp³-hybridized carbons (Fsp3) is 0.529. The Bertz CT molecular complexity index is 5820. The van der Waals surface area contributed by atoms with Crippen LogP contribution >= 0.6 is 22.7 Å². The summed E-state index contributed by atoms with van der Waals surface area (Å²) in [6.45, 7) is 7.86. The largest absolute Gasteiger partial charge is 0.481 e. The van der Waals surface area contributed by atoms with Gasteiger partial charge in [-0.25, -0.2) is 9.59 Å². The average Bonchev–Trinajstić information content (AvgIpc) is 1.66. The first-order chi connectivity index (χ1) is 70.9. The number of aromatic carboxylic acids is 1. The molecule has 7 heterocycles. The van der Waals surface area contributed by atoms with Crippen molar-refractivity contribution in [3.63, 3.8) is 0 Å². The van der Waals surface area contributed by atoms with Gasteiger partial charge in [-0.1, -0.05) is 119 Å². The molecule has 3 aromatic carbocycles. The Morgan fingerprint density at radius 2 is 1.05 bits per heavy atom. The summed E-state index contributed by atoms with van der Waals surface area (Å²) in [5.41, 5.74) is -1.84. The number of allylic oxidation sites excluding steroid dienone is 3. The minimum Gasteiger partial charge on any atom is -0.481 e. The van der Waals surface area contributed by atoms with Crippen molar-refractivity contribution in [2.75, 3.05) is 32.8 Å². The number of carbonyl (C=O) groups is 21. The summed E-state index contributed by atoms with van der Waals surface area (Å²) in [7, 11) is 0. The zero-order valence-corrected chi connectivity index (χ0v) is 86.1. The summed E-state index contributed by atoms with van der Waals surface area (Å²) in [5.74, 6) is -21.0. The number of carbonyl (C=O) groups excluding carboxylic acids is 18. The Balaban J connectivity index is 0.985. The van der Waals surface area contributed by atoms with E-state index in [0.717, 1.165) is 15.0 Å². The second kappa shape index (κ2) is 52.9. The lowest BCUT2D eigenvalue weighted by Crippen LogP contribution is -2.67. The van der Waals surface area contributed by atoms with Crippen molar-refractivity contribution in [2.45, 2.75) is 310 Å². The summed E-state index contributed by atoms with van der Waals surface area (Å²) in [6.07, 6.45) is 1.34. The summed E-state index contributed by atoms with van der Waals surface area (Å²) in [4.78, 5) is 311. The lowest BCUT2D eigenvalue weighted by Gasteiger charge is -2.38. The van der Waals surface area contributed by atoms with Crippen molar-refractivity contribution in [2.24, 2.45) is 11.1 Å². The third-order valence-corrected chi connectivity index (χ3v) is 29.5. The number of nitrogens with zero attached hydrogens (tertiary/aromatic N) is 2. The molecule has 3 saturated heterocycles. The number of thiophene rings is 2. The second-order valence-corrected chi connectivity index (χ2v) is 42.1. The summed E-state index contributed by atoms with van der Waals surface area (Å²) < 4.78 is 6.73. The van der Waals surface area contributed by atoms with E-state index in [0.29, 0.717) is 23.1 Å².